The predicted octanol–water partition coefficient (Wildman–Crippen LogP) is 3.17. The standard InChI is InChI=1S/C19H14ClF2N5O4/c20-13-3-10(4-24-18(13)31-8-15(21)22)5-27-6-12-11(19(27)29)1-2-23-16(12)26-17(28)14-7-30-9-25-14/h1-4,7,9,15H,5-6,8H2,(H,23,26,28). The first-order valence-electron chi connectivity index (χ1n) is 8.94. The number of carbonyl (C=O) groups excluding carboxylic acids is 2. The molecule has 0 saturated heterocycles. The van der Waals surface area contributed by atoms with Crippen LogP contribution in [0.25, 0.3) is 0 Å². The Morgan fingerprint density at radius 1 is 1.35 bits per heavy atom. The van der Waals surface area contributed by atoms with E-state index in [1.807, 2.05) is 0 Å². The van der Waals surface area contributed by atoms with Crippen molar-refractivity contribution >= 4 is 29.2 Å². The molecule has 31 heavy (non-hydrogen) atoms. The molecule has 3 aromatic rings. The van der Waals surface area contributed by atoms with Crippen LogP contribution in [0.15, 0.2) is 41.6 Å². The van der Waals surface area contributed by atoms with Gasteiger partial charge in [0.05, 0.1) is 6.54 Å². The summed E-state index contributed by atoms with van der Waals surface area (Å²) in [6.07, 6.45) is 2.50. The topological polar surface area (TPSA) is 110 Å². The zero-order chi connectivity index (χ0) is 22.0. The number of ether oxygens (including phenoxy) is 1. The summed E-state index contributed by atoms with van der Waals surface area (Å²) in [4.78, 5) is 38.4. The van der Waals surface area contributed by atoms with Crippen molar-refractivity contribution < 1.29 is 27.5 Å². The summed E-state index contributed by atoms with van der Waals surface area (Å²) in [5.74, 6) is -0.642. The lowest BCUT2D eigenvalue weighted by molar-refractivity contribution is 0.0763. The summed E-state index contributed by atoms with van der Waals surface area (Å²) < 4.78 is 34.2. The maximum Gasteiger partial charge on any atom is 0.278 e. The molecule has 9 nitrogen and oxygen atoms in total. The highest BCUT2D eigenvalue weighted by Crippen LogP contribution is 2.30. The average Bonchev–Trinajstić information content (AvgIpc) is 3.37. The molecule has 1 aliphatic rings. The monoisotopic (exact) mass is 449 g/mol. The van der Waals surface area contributed by atoms with Gasteiger partial charge in [0.25, 0.3) is 18.2 Å². The van der Waals surface area contributed by atoms with Gasteiger partial charge in [-0.15, -0.1) is 0 Å². The number of pyridine rings is 2. The number of alkyl halides is 2. The minimum Gasteiger partial charge on any atom is -0.471 e. The molecule has 2 amide bonds. The molecule has 0 spiro atoms. The Morgan fingerprint density at radius 3 is 2.90 bits per heavy atom. The summed E-state index contributed by atoms with van der Waals surface area (Å²) in [7, 11) is 0. The lowest BCUT2D eigenvalue weighted by Gasteiger charge is -2.16. The number of anilines is 1. The molecule has 0 aliphatic carbocycles. The fourth-order valence-corrected chi connectivity index (χ4v) is 3.28. The zero-order valence-electron chi connectivity index (χ0n) is 15.7. The van der Waals surface area contributed by atoms with Gasteiger partial charge in [0.15, 0.2) is 18.7 Å². The van der Waals surface area contributed by atoms with Gasteiger partial charge in [-0.3, -0.25) is 9.59 Å². The minimum atomic E-state index is -2.65. The van der Waals surface area contributed by atoms with Crippen molar-refractivity contribution in [2.75, 3.05) is 11.9 Å². The molecule has 0 atom stereocenters. The van der Waals surface area contributed by atoms with Crippen LogP contribution in [0.4, 0.5) is 14.6 Å². The normalized spacial score (nSPS) is 12.9. The van der Waals surface area contributed by atoms with Crippen molar-refractivity contribution in [2.24, 2.45) is 0 Å². The molecule has 1 N–H and O–H groups in total. The second-order valence-corrected chi connectivity index (χ2v) is 6.91. The second-order valence-electron chi connectivity index (χ2n) is 6.51. The van der Waals surface area contributed by atoms with E-state index in [4.69, 9.17) is 20.8 Å². The van der Waals surface area contributed by atoms with Gasteiger partial charge < -0.3 is 19.4 Å². The highest BCUT2D eigenvalue weighted by molar-refractivity contribution is 6.31. The van der Waals surface area contributed by atoms with Crippen molar-refractivity contribution in [2.45, 2.75) is 19.5 Å². The van der Waals surface area contributed by atoms with Gasteiger partial charge in [0, 0.05) is 30.1 Å². The largest absolute Gasteiger partial charge is 0.471 e. The van der Waals surface area contributed by atoms with Crippen molar-refractivity contribution in [3.8, 4) is 5.88 Å². The Bertz CT molecular complexity index is 1130. The van der Waals surface area contributed by atoms with E-state index >= 15 is 0 Å². The molecule has 0 saturated carbocycles. The number of hydrogen-bond acceptors (Lipinski definition) is 7. The molecule has 4 heterocycles. The lowest BCUT2D eigenvalue weighted by atomic mass is 10.1. The van der Waals surface area contributed by atoms with E-state index in [9.17, 15) is 18.4 Å². The number of oxazole rings is 1. The molecule has 0 radical (unpaired) electrons. The molecule has 160 valence electrons. The maximum absolute atomic E-state index is 12.8. The smallest absolute Gasteiger partial charge is 0.278 e. The Labute approximate surface area is 179 Å². The Balaban J connectivity index is 1.48. The fraction of sp³-hybridized carbons (Fsp3) is 0.211. The number of amides is 2. The molecule has 3 aromatic heterocycles. The molecule has 0 fully saturated rings. The maximum atomic E-state index is 12.8. The molecule has 0 unspecified atom stereocenters. The first kappa shape index (κ1) is 20.7. The molecule has 12 heteroatoms. The summed E-state index contributed by atoms with van der Waals surface area (Å²) in [5, 5.41) is 2.69. The Hall–Kier alpha value is -3.60. The van der Waals surface area contributed by atoms with Gasteiger partial charge >= 0.3 is 0 Å². The quantitative estimate of drug-likeness (QED) is 0.589. The zero-order valence-corrected chi connectivity index (χ0v) is 16.5. The van der Waals surface area contributed by atoms with Crippen molar-refractivity contribution in [1.82, 2.24) is 19.9 Å². The van der Waals surface area contributed by atoms with Crippen LogP contribution in [-0.4, -0.2) is 44.7 Å². The van der Waals surface area contributed by atoms with Gasteiger partial charge in [-0.05, 0) is 17.7 Å². The molecule has 1 aliphatic heterocycles. The molecule has 0 bridgehead atoms. The van der Waals surface area contributed by atoms with Crippen LogP contribution < -0.4 is 10.1 Å². The predicted molar refractivity (Wildman–Crippen MR) is 103 cm³/mol. The van der Waals surface area contributed by atoms with E-state index in [1.165, 1.54) is 29.6 Å². The summed E-state index contributed by atoms with van der Waals surface area (Å²) >= 11 is 6.05. The molecule has 0 aromatic carbocycles. The number of nitrogens with one attached hydrogen (secondary N) is 1. The van der Waals surface area contributed by atoms with Crippen LogP contribution in [-0.2, 0) is 13.1 Å². The van der Waals surface area contributed by atoms with Crippen LogP contribution in [0.5, 0.6) is 5.88 Å². The third kappa shape index (κ3) is 4.45. The lowest BCUT2D eigenvalue weighted by Crippen LogP contribution is -2.23. The van der Waals surface area contributed by atoms with E-state index in [-0.39, 0.29) is 41.4 Å². The molecule has 4 rings (SSSR count). The van der Waals surface area contributed by atoms with Crippen molar-refractivity contribution in [3.63, 3.8) is 0 Å². The number of nitrogens with zero attached hydrogens (tertiary/aromatic N) is 4. The third-order valence-corrected chi connectivity index (χ3v) is 4.67. The van der Waals surface area contributed by atoms with Crippen molar-refractivity contribution in [3.05, 3.63) is 64.6 Å². The second kappa shape index (κ2) is 8.64. The van der Waals surface area contributed by atoms with E-state index in [0.717, 1.165) is 6.39 Å². The van der Waals surface area contributed by atoms with Crippen LogP contribution in [0, 0.1) is 0 Å². The van der Waals surface area contributed by atoms with Gasteiger partial charge in [0.1, 0.15) is 17.1 Å². The van der Waals surface area contributed by atoms with Gasteiger partial charge in [-0.1, -0.05) is 11.6 Å². The van der Waals surface area contributed by atoms with E-state index in [1.54, 1.807) is 6.07 Å². The number of aromatic nitrogens is 3. The first-order chi connectivity index (χ1) is 14.9. The summed E-state index contributed by atoms with van der Waals surface area (Å²) in [6, 6.07) is 3.06. The van der Waals surface area contributed by atoms with Crippen LogP contribution in [0.2, 0.25) is 5.02 Å². The molecular weight excluding hydrogens is 436 g/mol. The number of halogens is 3. The van der Waals surface area contributed by atoms with Crippen LogP contribution in [0.1, 0.15) is 32.0 Å². The average molecular weight is 450 g/mol. The van der Waals surface area contributed by atoms with E-state index in [0.29, 0.717) is 16.7 Å². The number of hydrogen-bond donors (Lipinski definition) is 1. The number of fused-ring (bicyclic) bond motifs is 1. The SMILES string of the molecule is O=C(Nc1nccc2c1CN(Cc1cnc(OCC(F)F)c(Cl)c1)C2=O)c1cocn1. The van der Waals surface area contributed by atoms with Crippen LogP contribution in [0.3, 0.4) is 0 Å². The molecular formula is C19H14ClF2N5O4. The first-order valence-corrected chi connectivity index (χ1v) is 9.32. The van der Waals surface area contributed by atoms with Gasteiger partial charge in [-0.2, -0.15) is 0 Å². The van der Waals surface area contributed by atoms with Crippen molar-refractivity contribution in [1.29, 1.82) is 0 Å². The Kier molecular flexibility index (Phi) is 5.76. The minimum absolute atomic E-state index is 0.0598. The third-order valence-electron chi connectivity index (χ3n) is 4.40. The van der Waals surface area contributed by atoms with E-state index in [2.05, 4.69) is 20.3 Å². The highest BCUT2D eigenvalue weighted by atomic mass is 35.5. The highest BCUT2D eigenvalue weighted by Gasteiger charge is 2.31. The fourth-order valence-electron chi connectivity index (χ4n) is 3.04. The van der Waals surface area contributed by atoms with Gasteiger partial charge in [-0.25, -0.2) is 23.7 Å². The van der Waals surface area contributed by atoms with Crippen LogP contribution >= 0.6 is 11.6 Å². The van der Waals surface area contributed by atoms with E-state index < -0.39 is 18.9 Å². The summed E-state index contributed by atoms with van der Waals surface area (Å²) in [5.41, 5.74) is 1.62. The number of carbonyl (C=O) groups is 2. The van der Waals surface area contributed by atoms with Gasteiger partial charge in [0.2, 0.25) is 5.88 Å². The summed E-state index contributed by atoms with van der Waals surface area (Å²) in [6.45, 7) is -0.467. The Morgan fingerprint density at radius 2 is 2.19 bits per heavy atom. The number of rotatable bonds is 7.